The van der Waals surface area contributed by atoms with E-state index in [0.717, 1.165) is 11.3 Å². The van der Waals surface area contributed by atoms with Crippen molar-refractivity contribution < 1.29 is 0 Å². The molecule has 0 aromatic carbocycles. The smallest absolute Gasteiger partial charge is 0.255 e. The molecule has 0 saturated carbocycles. The van der Waals surface area contributed by atoms with Crippen molar-refractivity contribution >= 4 is 21.6 Å². The minimum absolute atomic E-state index is 0.720. The monoisotopic (exact) mass is 134 g/mol. The summed E-state index contributed by atoms with van der Waals surface area (Å²) in [6.07, 6.45) is 1.88. The van der Waals surface area contributed by atoms with Gasteiger partial charge in [-0.05, 0) is 0 Å². The van der Waals surface area contributed by atoms with Crippen LogP contribution in [0, 0.1) is 0 Å². The second kappa shape index (κ2) is 2.64. The van der Waals surface area contributed by atoms with E-state index in [1.165, 1.54) is 10.8 Å². The van der Waals surface area contributed by atoms with Gasteiger partial charge in [-0.25, -0.2) is 0 Å². The molecule has 0 radical (unpaired) electrons. The quantitative estimate of drug-likeness (QED) is 0.199. The van der Waals surface area contributed by atoms with Crippen molar-refractivity contribution in [3.63, 3.8) is 0 Å². The summed E-state index contributed by atoms with van der Waals surface area (Å²) in [6.45, 7) is 4.53. The van der Waals surface area contributed by atoms with Gasteiger partial charge < -0.3 is 0 Å². The lowest BCUT2D eigenvalue weighted by molar-refractivity contribution is 0.870. The number of rotatable bonds is 3. The Bertz CT molecular complexity index is 70.1. The minimum Gasteiger partial charge on any atom is -0.255 e. The predicted octanol–water partition coefficient (Wildman–Crippen LogP) is 0.522. The largest absolute Gasteiger partial charge is 0.273 e. The third kappa shape index (κ3) is 2.26. The van der Waals surface area contributed by atoms with Gasteiger partial charge in [-0.2, -0.15) is 0 Å². The molecule has 1 saturated heterocycles. The molecule has 1 nitrogen and oxygen atoms in total. The summed E-state index contributed by atoms with van der Waals surface area (Å²) in [5.74, 6) is 0. The van der Waals surface area contributed by atoms with E-state index >= 15 is 0 Å². The Morgan fingerprint density at radius 2 is 2.71 bits per heavy atom. The fourth-order valence-corrected chi connectivity index (χ4v) is 1.33. The van der Waals surface area contributed by atoms with Crippen LogP contribution in [-0.4, -0.2) is 11.3 Å². The Morgan fingerprint density at radius 1 is 2.00 bits per heavy atom. The fourth-order valence-electron chi connectivity index (χ4n) is 0.289. The van der Waals surface area contributed by atoms with E-state index < -0.39 is 0 Å². The summed E-state index contributed by atoms with van der Waals surface area (Å²) in [7, 11) is 3.40. The molecule has 1 aliphatic heterocycles. The molecule has 1 rings (SSSR count). The molecule has 7 heavy (non-hydrogen) atoms. The van der Waals surface area contributed by atoms with Crippen LogP contribution >= 0.6 is 10.8 Å². The second-order valence-electron chi connectivity index (χ2n) is 1.26. The normalized spacial score (nSPS) is 27.1. The first-order valence-electron chi connectivity index (χ1n) is 2.14. The molecule has 0 aliphatic carbocycles. The Morgan fingerprint density at radius 3 is 3.14 bits per heavy atom. The lowest BCUT2D eigenvalue weighted by atomic mass is 10.6. The number of hydrogen-bond donors (Lipinski definition) is 1. The maximum Gasteiger partial charge on any atom is 0.273 e. The van der Waals surface area contributed by atoms with Crippen LogP contribution in [0.1, 0.15) is 0 Å². The minimum atomic E-state index is 0.720. The van der Waals surface area contributed by atoms with Gasteiger partial charge in [0.05, 0.1) is 10.8 Å². The zero-order chi connectivity index (χ0) is 5.11. The average Bonchev–Trinajstić information content (AvgIpc) is 2.42. The van der Waals surface area contributed by atoms with Gasteiger partial charge in [0.25, 0.3) is 4.71 Å². The van der Waals surface area contributed by atoms with Gasteiger partial charge in [0.15, 0.2) is 10.8 Å². The van der Waals surface area contributed by atoms with Crippen LogP contribution < -0.4 is 5.32 Å². The van der Waals surface area contributed by atoms with Gasteiger partial charge in [-0.1, -0.05) is 6.08 Å². The summed E-state index contributed by atoms with van der Waals surface area (Å²) in [5, 5.41) is 3.24. The summed E-state index contributed by atoms with van der Waals surface area (Å²) >= 11 is 0. The Kier molecular flexibility index (Phi) is 2.09. The molecule has 0 bridgehead atoms. The van der Waals surface area contributed by atoms with E-state index in [-0.39, 0.29) is 0 Å². The molecular weight excluding hydrogens is 126 g/mol. The van der Waals surface area contributed by atoms with Crippen molar-refractivity contribution in [2.24, 2.45) is 0 Å². The van der Waals surface area contributed by atoms with Crippen molar-refractivity contribution in [3.8, 4) is 0 Å². The highest BCUT2D eigenvalue weighted by Gasteiger charge is 2.37. The van der Waals surface area contributed by atoms with E-state index in [1.54, 1.807) is 0 Å². The molecule has 1 unspecified atom stereocenters. The number of hydrogen-bond acceptors (Lipinski definition) is 2. The van der Waals surface area contributed by atoms with Crippen LogP contribution in [0.5, 0.6) is 0 Å². The van der Waals surface area contributed by atoms with Crippen LogP contribution in [-0.2, 0) is 10.8 Å². The first kappa shape index (κ1) is 5.54. The van der Waals surface area contributed by atoms with Gasteiger partial charge in [-0.15, -0.1) is 6.58 Å². The summed E-state index contributed by atoms with van der Waals surface area (Å²) in [6, 6.07) is 0. The Balaban J connectivity index is 1.88. The van der Waals surface area contributed by atoms with Crippen molar-refractivity contribution in [1.29, 1.82) is 0 Å². The molecule has 0 amide bonds. The van der Waals surface area contributed by atoms with Crippen LogP contribution in [0.4, 0.5) is 0 Å². The molecule has 3 heteroatoms. The van der Waals surface area contributed by atoms with E-state index in [2.05, 4.69) is 11.9 Å². The summed E-state index contributed by atoms with van der Waals surface area (Å²) in [5.41, 5.74) is 0. The number of thiol groups is 1. The first-order chi connectivity index (χ1) is 3.43. The van der Waals surface area contributed by atoms with Gasteiger partial charge >= 0.3 is 0 Å². The van der Waals surface area contributed by atoms with Crippen LogP contribution in [0.25, 0.3) is 0 Å². The maximum absolute atomic E-state index is 3.59. The molecule has 1 atom stereocenters. The van der Waals surface area contributed by atoms with Gasteiger partial charge in [-0.3, -0.25) is 5.32 Å². The molecule has 0 spiro atoms. The van der Waals surface area contributed by atoms with Crippen molar-refractivity contribution in [2.75, 3.05) is 6.54 Å². The zero-order valence-electron chi connectivity index (χ0n) is 3.92. The standard InChI is InChI=1S/C4H7NS2/c1-2-3-5-4-6-7-4/h2,4-5H,1,3H2/p+1. The number of nitrogens with one attached hydrogen (secondary N) is 1. The average molecular weight is 134 g/mol. The van der Waals surface area contributed by atoms with Crippen molar-refractivity contribution in [3.05, 3.63) is 12.7 Å². The van der Waals surface area contributed by atoms with E-state index in [1.807, 2.05) is 16.9 Å². The van der Waals surface area contributed by atoms with Crippen molar-refractivity contribution in [2.45, 2.75) is 4.71 Å². The molecule has 1 aliphatic rings. The van der Waals surface area contributed by atoms with Gasteiger partial charge in [0.2, 0.25) is 0 Å². The van der Waals surface area contributed by atoms with E-state index in [9.17, 15) is 0 Å². The fraction of sp³-hybridized carbons (Fsp3) is 0.500. The van der Waals surface area contributed by atoms with Crippen LogP contribution in [0.2, 0.25) is 0 Å². The highest BCUT2D eigenvalue weighted by atomic mass is 33.2. The third-order valence-corrected chi connectivity index (χ3v) is 2.68. The van der Waals surface area contributed by atoms with Crippen LogP contribution in [0.15, 0.2) is 12.7 Å². The Labute approximate surface area is 51.3 Å². The van der Waals surface area contributed by atoms with Crippen LogP contribution in [0.3, 0.4) is 0 Å². The summed E-state index contributed by atoms with van der Waals surface area (Å²) < 4.78 is 0.720. The van der Waals surface area contributed by atoms with E-state index in [4.69, 9.17) is 0 Å². The van der Waals surface area contributed by atoms with Crippen molar-refractivity contribution in [1.82, 2.24) is 5.32 Å². The highest BCUT2D eigenvalue weighted by molar-refractivity contribution is 8.82. The second-order valence-corrected chi connectivity index (χ2v) is 4.28. The topological polar surface area (TPSA) is 12.0 Å². The zero-order valence-corrected chi connectivity index (χ0v) is 5.64. The Hall–Kier alpha value is 0.400. The maximum atomic E-state index is 3.59. The lowest BCUT2D eigenvalue weighted by Crippen LogP contribution is -2.14. The predicted molar refractivity (Wildman–Crippen MR) is 38.3 cm³/mol. The molecule has 1 fully saturated rings. The third-order valence-electron chi connectivity index (χ3n) is 0.648. The van der Waals surface area contributed by atoms with Gasteiger partial charge in [0.1, 0.15) is 0 Å². The molecule has 0 aromatic heterocycles. The molecule has 40 valence electrons. The van der Waals surface area contributed by atoms with E-state index in [0.29, 0.717) is 0 Å². The summed E-state index contributed by atoms with van der Waals surface area (Å²) in [4.78, 5) is 0. The lowest BCUT2D eigenvalue weighted by Gasteiger charge is -1.82. The molecule has 0 aromatic rings. The molecule has 1 heterocycles. The first-order valence-corrected chi connectivity index (χ1v) is 4.58. The van der Waals surface area contributed by atoms with Gasteiger partial charge in [0, 0.05) is 6.54 Å². The molecular formula is C4H8NS2+. The SMILES string of the molecule is C=CCNC1S[SH+]1. The molecule has 1 N–H and O–H groups in total. The highest BCUT2D eigenvalue weighted by Crippen LogP contribution is 2.31.